The van der Waals surface area contributed by atoms with E-state index in [4.69, 9.17) is 0 Å². The number of hydrogen-bond donors (Lipinski definition) is 1. The van der Waals surface area contributed by atoms with Gasteiger partial charge in [-0.15, -0.1) is 12.4 Å². The molecule has 2 rings (SSSR count). The minimum Gasteiger partial charge on any atom is -0.333 e. The molecule has 0 aliphatic carbocycles. The zero-order chi connectivity index (χ0) is 13.8. The third-order valence-electron chi connectivity index (χ3n) is 3.35. The van der Waals surface area contributed by atoms with Crippen molar-refractivity contribution in [3.63, 3.8) is 0 Å². The topological polar surface area (TPSA) is 32.3 Å². The molecule has 0 aromatic heterocycles. The molecule has 1 heterocycles. The maximum atomic E-state index is 13.6. The summed E-state index contributed by atoms with van der Waals surface area (Å²) in [6.45, 7) is 4.35. The number of hydrogen-bond acceptors (Lipinski definition) is 3. The second-order valence-corrected chi connectivity index (χ2v) is 5.66. The highest BCUT2D eigenvalue weighted by Crippen LogP contribution is 2.18. The Morgan fingerprint density at radius 2 is 2.30 bits per heavy atom. The third-order valence-corrected chi connectivity index (χ3v) is 3.95. The highest BCUT2D eigenvalue weighted by atomic mass is 35.5. The molecule has 1 fully saturated rings. The minimum atomic E-state index is -0.237. The van der Waals surface area contributed by atoms with Crippen molar-refractivity contribution < 1.29 is 9.18 Å². The first-order chi connectivity index (χ1) is 9.13. The second kappa shape index (κ2) is 7.86. The highest BCUT2D eigenvalue weighted by molar-refractivity contribution is 7.97. The summed E-state index contributed by atoms with van der Waals surface area (Å²) in [6.07, 6.45) is 1.92. The molecule has 0 spiro atoms. The largest absolute Gasteiger partial charge is 0.333 e. The molecule has 0 saturated carbocycles. The van der Waals surface area contributed by atoms with Crippen LogP contribution in [0, 0.1) is 5.82 Å². The summed E-state index contributed by atoms with van der Waals surface area (Å²) in [6, 6.07) is 4.83. The van der Waals surface area contributed by atoms with Crippen LogP contribution >= 0.6 is 24.2 Å². The van der Waals surface area contributed by atoms with E-state index in [1.807, 2.05) is 18.1 Å². The summed E-state index contributed by atoms with van der Waals surface area (Å²) in [5, 5.41) is 3.25. The number of piperazine rings is 1. The number of nitrogens with one attached hydrogen (secondary N) is 1. The van der Waals surface area contributed by atoms with Gasteiger partial charge in [-0.2, -0.15) is 11.8 Å². The normalized spacial score (nSPS) is 18.6. The Bertz CT molecular complexity index is 472. The first-order valence-corrected chi connectivity index (χ1v) is 7.82. The summed E-state index contributed by atoms with van der Waals surface area (Å²) in [7, 11) is 0. The van der Waals surface area contributed by atoms with Crippen molar-refractivity contribution in [2.24, 2.45) is 0 Å². The molecule has 1 saturated heterocycles. The molecule has 1 aromatic carbocycles. The lowest BCUT2D eigenvalue weighted by molar-refractivity contribution is 0.0655. The van der Waals surface area contributed by atoms with Crippen molar-refractivity contribution in [1.29, 1.82) is 0 Å². The van der Waals surface area contributed by atoms with Gasteiger partial charge in [-0.05, 0) is 36.9 Å². The fraction of sp³-hybridized carbons (Fsp3) is 0.500. The van der Waals surface area contributed by atoms with Gasteiger partial charge in [0.2, 0.25) is 0 Å². The number of benzene rings is 1. The number of nitrogens with zero attached hydrogens (tertiary/aromatic N) is 1. The summed E-state index contributed by atoms with van der Waals surface area (Å²) >= 11 is 1.55. The molecule has 1 amide bonds. The number of halogens is 2. The van der Waals surface area contributed by atoms with Crippen LogP contribution in [0.1, 0.15) is 22.8 Å². The average Bonchev–Trinajstić information content (AvgIpc) is 2.41. The van der Waals surface area contributed by atoms with E-state index in [0.29, 0.717) is 23.4 Å². The van der Waals surface area contributed by atoms with Gasteiger partial charge < -0.3 is 10.2 Å². The first-order valence-electron chi connectivity index (χ1n) is 6.42. The van der Waals surface area contributed by atoms with Crippen molar-refractivity contribution in [2.45, 2.75) is 18.7 Å². The number of carbonyl (C=O) groups is 1. The second-order valence-electron chi connectivity index (χ2n) is 4.79. The first kappa shape index (κ1) is 17.3. The van der Waals surface area contributed by atoms with Gasteiger partial charge in [0.05, 0.1) is 0 Å². The Hall–Kier alpha value is -0.780. The Kier molecular flexibility index (Phi) is 6.79. The lowest BCUT2D eigenvalue weighted by atomic mass is 10.1. The standard InChI is InChI=1S/C14H19FN2OS.ClH/c1-10-8-16-5-6-17(10)14(18)11-3-4-13(15)12(7-11)9-19-2;/h3-4,7,10,16H,5-6,8-9H2,1-2H3;1H/t10-;/m0./s1. The van der Waals surface area contributed by atoms with Crippen LogP contribution in [-0.2, 0) is 5.75 Å². The summed E-state index contributed by atoms with van der Waals surface area (Å²) in [4.78, 5) is 14.3. The van der Waals surface area contributed by atoms with Gasteiger partial charge in [0, 0.05) is 37.0 Å². The average molecular weight is 319 g/mol. The van der Waals surface area contributed by atoms with Crippen LogP contribution in [-0.4, -0.2) is 42.7 Å². The predicted octanol–water partition coefficient (Wildman–Crippen LogP) is 2.54. The molecule has 1 aromatic rings. The zero-order valence-corrected chi connectivity index (χ0v) is 13.3. The predicted molar refractivity (Wildman–Crippen MR) is 84.2 cm³/mol. The van der Waals surface area contributed by atoms with Crippen LogP contribution in [0.2, 0.25) is 0 Å². The third kappa shape index (κ3) is 3.87. The van der Waals surface area contributed by atoms with Crippen molar-refractivity contribution in [3.8, 4) is 0 Å². The molecule has 1 atom stereocenters. The van der Waals surface area contributed by atoms with Crippen molar-refractivity contribution in [1.82, 2.24) is 10.2 Å². The van der Waals surface area contributed by atoms with Crippen LogP contribution in [0.25, 0.3) is 0 Å². The van der Waals surface area contributed by atoms with E-state index in [1.54, 1.807) is 23.9 Å². The summed E-state index contributed by atoms with van der Waals surface area (Å²) < 4.78 is 13.6. The maximum absolute atomic E-state index is 13.6. The molecular formula is C14H20ClFN2OS. The van der Waals surface area contributed by atoms with E-state index in [-0.39, 0.29) is 30.2 Å². The smallest absolute Gasteiger partial charge is 0.254 e. The van der Waals surface area contributed by atoms with Crippen molar-refractivity contribution in [3.05, 3.63) is 35.1 Å². The molecule has 0 radical (unpaired) electrons. The van der Waals surface area contributed by atoms with Gasteiger partial charge in [0.15, 0.2) is 0 Å². The van der Waals surface area contributed by atoms with Crippen LogP contribution in [0.4, 0.5) is 4.39 Å². The molecule has 1 aliphatic heterocycles. The van der Waals surface area contributed by atoms with Gasteiger partial charge in [-0.25, -0.2) is 4.39 Å². The van der Waals surface area contributed by atoms with E-state index < -0.39 is 0 Å². The quantitative estimate of drug-likeness (QED) is 0.929. The fourth-order valence-electron chi connectivity index (χ4n) is 2.28. The Morgan fingerprint density at radius 1 is 1.55 bits per heavy atom. The summed E-state index contributed by atoms with van der Waals surface area (Å²) in [5.41, 5.74) is 1.18. The molecule has 0 unspecified atom stereocenters. The van der Waals surface area contributed by atoms with Crippen LogP contribution in [0.3, 0.4) is 0 Å². The maximum Gasteiger partial charge on any atom is 0.254 e. The molecule has 0 bridgehead atoms. The Labute approximate surface area is 129 Å². The highest BCUT2D eigenvalue weighted by Gasteiger charge is 2.24. The lowest BCUT2D eigenvalue weighted by Gasteiger charge is -2.34. The van der Waals surface area contributed by atoms with Crippen molar-refractivity contribution >= 4 is 30.1 Å². The van der Waals surface area contributed by atoms with E-state index in [9.17, 15) is 9.18 Å². The minimum absolute atomic E-state index is 0. The molecule has 112 valence electrons. The monoisotopic (exact) mass is 318 g/mol. The van der Waals surface area contributed by atoms with Crippen LogP contribution in [0.15, 0.2) is 18.2 Å². The van der Waals surface area contributed by atoms with Gasteiger partial charge in [-0.1, -0.05) is 0 Å². The molecule has 3 nitrogen and oxygen atoms in total. The number of thioether (sulfide) groups is 1. The van der Waals surface area contributed by atoms with E-state index in [0.717, 1.165) is 13.1 Å². The van der Waals surface area contributed by atoms with Crippen LogP contribution in [0.5, 0.6) is 0 Å². The van der Waals surface area contributed by atoms with E-state index in [1.165, 1.54) is 6.07 Å². The molecule has 20 heavy (non-hydrogen) atoms. The van der Waals surface area contributed by atoms with Gasteiger partial charge in [0.25, 0.3) is 5.91 Å². The molecule has 1 aliphatic rings. The Morgan fingerprint density at radius 3 is 2.95 bits per heavy atom. The van der Waals surface area contributed by atoms with E-state index >= 15 is 0 Å². The van der Waals surface area contributed by atoms with Gasteiger partial charge in [-0.3, -0.25) is 4.79 Å². The molecular weight excluding hydrogens is 299 g/mol. The van der Waals surface area contributed by atoms with Crippen LogP contribution < -0.4 is 5.32 Å². The molecule has 6 heteroatoms. The summed E-state index contributed by atoms with van der Waals surface area (Å²) in [5.74, 6) is 0.347. The Balaban J connectivity index is 0.00000200. The SMILES string of the molecule is CSCc1cc(C(=O)N2CCNC[C@@H]2C)ccc1F.Cl. The molecule has 1 N–H and O–H groups in total. The lowest BCUT2D eigenvalue weighted by Crippen LogP contribution is -2.52. The van der Waals surface area contributed by atoms with E-state index in [2.05, 4.69) is 5.32 Å². The number of rotatable bonds is 3. The van der Waals surface area contributed by atoms with Gasteiger partial charge >= 0.3 is 0 Å². The van der Waals surface area contributed by atoms with Gasteiger partial charge in [0.1, 0.15) is 5.82 Å². The number of carbonyl (C=O) groups excluding carboxylic acids is 1. The fourth-order valence-corrected chi connectivity index (χ4v) is 2.81. The number of amides is 1. The van der Waals surface area contributed by atoms with Crippen molar-refractivity contribution in [2.75, 3.05) is 25.9 Å². The zero-order valence-electron chi connectivity index (χ0n) is 11.7.